The second-order valence-corrected chi connectivity index (χ2v) is 5.30. The van der Waals surface area contributed by atoms with Crippen molar-refractivity contribution in [3.05, 3.63) is 41.1 Å². The lowest BCUT2D eigenvalue weighted by Gasteiger charge is -2.21. The molecule has 0 aliphatic heterocycles. The summed E-state index contributed by atoms with van der Waals surface area (Å²) in [5, 5.41) is 2.94. The van der Waals surface area contributed by atoms with Crippen LogP contribution in [-0.4, -0.2) is 15.0 Å². The molecule has 0 saturated heterocycles. The summed E-state index contributed by atoms with van der Waals surface area (Å²) in [6, 6.07) is 0.623. The first kappa shape index (κ1) is 15.6. The van der Waals surface area contributed by atoms with Gasteiger partial charge in [0.05, 0.1) is 16.6 Å². The average Bonchev–Trinajstić information content (AvgIpc) is 2.89. The third-order valence-electron chi connectivity index (χ3n) is 2.94. The van der Waals surface area contributed by atoms with Crippen LogP contribution >= 0.6 is 11.6 Å². The molecule has 4 nitrogen and oxygen atoms in total. The summed E-state index contributed by atoms with van der Waals surface area (Å²) in [6.07, 6.45) is -0.427. The Morgan fingerprint density at radius 3 is 2.48 bits per heavy atom. The maximum Gasteiger partial charge on any atom is 0.417 e. The normalized spacial score (nSPS) is 13.5. The van der Waals surface area contributed by atoms with Crippen molar-refractivity contribution in [2.24, 2.45) is 5.92 Å². The van der Waals surface area contributed by atoms with E-state index in [2.05, 4.69) is 20.3 Å². The molecule has 1 atom stereocenters. The minimum absolute atomic E-state index is 0.0815. The largest absolute Gasteiger partial charge is 0.417 e. The van der Waals surface area contributed by atoms with Crippen LogP contribution in [0.4, 0.5) is 19.0 Å². The van der Waals surface area contributed by atoms with E-state index >= 15 is 0 Å². The summed E-state index contributed by atoms with van der Waals surface area (Å²) >= 11 is 5.89. The van der Waals surface area contributed by atoms with Gasteiger partial charge >= 0.3 is 6.18 Å². The van der Waals surface area contributed by atoms with E-state index in [1.54, 1.807) is 12.4 Å². The molecule has 0 aromatic carbocycles. The maximum absolute atomic E-state index is 12.6. The minimum Gasteiger partial charge on any atom is -0.359 e. The number of anilines is 1. The van der Waals surface area contributed by atoms with Gasteiger partial charge in [-0.25, -0.2) is 9.97 Å². The third kappa shape index (κ3) is 3.66. The maximum atomic E-state index is 12.6. The molecule has 0 bridgehead atoms. The Balaban J connectivity index is 2.26. The van der Waals surface area contributed by atoms with Crippen molar-refractivity contribution in [2.75, 3.05) is 5.32 Å². The van der Waals surface area contributed by atoms with Gasteiger partial charge in [-0.2, -0.15) is 13.2 Å². The molecule has 21 heavy (non-hydrogen) atoms. The van der Waals surface area contributed by atoms with Crippen LogP contribution in [-0.2, 0) is 6.18 Å². The Hall–Kier alpha value is -1.76. The predicted octanol–water partition coefficient (Wildman–Crippen LogP) is 4.29. The molecule has 0 saturated carbocycles. The zero-order chi connectivity index (χ0) is 15.6. The average molecular weight is 319 g/mol. The summed E-state index contributed by atoms with van der Waals surface area (Å²) in [6.45, 7) is 3.91. The van der Waals surface area contributed by atoms with Gasteiger partial charge in [0.1, 0.15) is 11.6 Å². The van der Waals surface area contributed by atoms with Gasteiger partial charge in [0.2, 0.25) is 0 Å². The van der Waals surface area contributed by atoms with Gasteiger partial charge in [-0.05, 0) is 12.0 Å². The van der Waals surface area contributed by atoms with Gasteiger partial charge in [-0.1, -0.05) is 25.4 Å². The highest BCUT2D eigenvalue weighted by Gasteiger charge is 2.32. The summed E-state index contributed by atoms with van der Waals surface area (Å²) in [7, 11) is 0. The molecule has 0 fully saturated rings. The number of aromatic nitrogens is 3. The van der Waals surface area contributed by atoms with Gasteiger partial charge in [0, 0.05) is 18.6 Å². The van der Waals surface area contributed by atoms with Crippen LogP contribution in [0.1, 0.15) is 31.3 Å². The first-order valence-corrected chi connectivity index (χ1v) is 6.65. The van der Waals surface area contributed by atoms with E-state index in [9.17, 15) is 13.2 Å². The SMILES string of the molecule is CC(C)C(Nc1ncc(C(F)(F)F)cc1Cl)c1ncc[nH]1. The Morgan fingerprint density at radius 2 is 2.00 bits per heavy atom. The molecule has 0 spiro atoms. The van der Waals surface area contributed by atoms with Crippen molar-refractivity contribution >= 4 is 17.4 Å². The number of nitrogens with one attached hydrogen (secondary N) is 2. The highest BCUT2D eigenvalue weighted by atomic mass is 35.5. The molecular weight excluding hydrogens is 305 g/mol. The summed E-state index contributed by atoms with van der Waals surface area (Å²) in [4.78, 5) is 10.9. The molecule has 2 heterocycles. The Morgan fingerprint density at radius 1 is 1.29 bits per heavy atom. The van der Waals surface area contributed by atoms with Gasteiger partial charge in [-0.15, -0.1) is 0 Å². The van der Waals surface area contributed by atoms with Crippen molar-refractivity contribution < 1.29 is 13.2 Å². The minimum atomic E-state index is -4.46. The number of hydrogen-bond acceptors (Lipinski definition) is 3. The van der Waals surface area contributed by atoms with Crippen molar-refractivity contribution in [3.8, 4) is 0 Å². The van der Waals surface area contributed by atoms with Crippen molar-refractivity contribution in [3.63, 3.8) is 0 Å². The number of pyridine rings is 1. The number of H-pyrrole nitrogens is 1. The fraction of sp³-hybridized carbons (Fsp3) is 0.385. The van der Waals surface area contributed by atoms with Gasteiger partial charge in [-0.3, -0.25) is 0 Å². The van der Waals surface area contributed by atoms with E-state index in [1.165, 1.54) is 0 Å². The third-order valence-corrected chi connectivity index (χ3v) is 3.23. The zero-order valence-corrected chi connectivity index (χ0v) is 12.1. The number of alkyl halides is 3. The van der Waals surface area contributed by atoms with Gasteiger partial charge in [0.15, 0.2) is 0 Å². The molecule has 0 amide bonds. The molecule has 2 aromatic rings. The van der Waals surface area contributed by atoms with E-state index in [4.69, 9.17) is 11.6 Å². The number of hydrogen-bond donors (Lipinski definition) is 2. The van der Waals surface area contributed by atoms with Crippen molar-refractivity contribution in [1.29, 1.82) is 0 Å². The molecule has 2 aromatic heterocycles. The van der Waals surface area contributed by atoms with Crippen LogP contribution in [0, 0.1) is 5.92 Å². The van der Waals surface area contributed by atoms with Gasteiger partial charge < -0.3 is 10.3 Å². The molecular formula is C13H14ClF3N4. The van der Waals surface area contributed by atoms with Gasteiger partial charge in [0.25, 0.3) is 0 Å². The standard InChI is InChI=1S/C13H14ClF3N4/c1-7(2)10(12-18-3-4-19-12)21-11-9(14)5-8(6-20-11)13(15,16)17/h3-7,10H,1-2H3,(H,18,19)(H,20,21). The number of aromatic amines is 1. The molecule has 0 radical (unpaired) electrons. The molecule has 2 N–H and O–H groups in total. The van der Waals surface area contributed by atoms with E-state index in [-0.39, 0.29) is 22.8 Å². The Kier molecular flexibility index (Phi) is 4.41. The smallest absolute Gasteiger partial charge is 0.359 e. The zero-order valence-electron chi connectivity index (χ0n) is 11.4. The molecule has 114 valence electrons. The Labute approximate surface area is 124 Å². The molecule has 0 aliphatic carbocycles. The van der Waals surface area contributed by atoms with Crippen molar-refractivity contribution in [2.45, 2.75) is 26.1 Å². The fourth-order valence-corrected chi connectivity index (χ4v) is 2.07. The van der Waals surface area contributed by atoms with Crippen LogP contribution in [0.25, 0.3) is 0 Å². The quantitative estimate of drug-likeness (QED) is 0.884. The van der Waals surface area contributed by atoms with E-state index in [1.807, 2.05) is 13.8 Å². The van der Waals surface area contributed by atoms with E-state index < -0.39 is 11.7 Å². The van der Waals surface area contributed by atoms with Crippen LogP contribution in [0.5, 0.6) is 0 Å². The molecule has 1 unspecified atom stereocenters. The fourth-order valence-electron chi connectivity index (χ4n) is 1.84. The molecule has 0 aliphatic rings. The molecule has 2 rings (SSSR count). The van der Waals surface area contributed by atoms with E-state index in [0.717, 1.165) is 12.3 Å². The first-order chi connectivity index (χ1) is 9.79. The lowest BCUT2D eigenvalue weighted by Crippen LogP contribution is -2.19. The summed E-state index contributed by atoms with van der Waals surface area (Å²) in [5.74, 6) is 0.999. The summed E-state index contributed by atoms with van der Waals surface area (Å²) in [5.41, 5.74) is -0.878. The summed E-state index contributed by atoms with van der Waals surface area (Å²) < 4.78 is 37.7. The van der Waals surface area contributed by atoms with Crippen LogP contribution in [0.3, 0.4) is 0 Å². The van der Waals surface area contributed by atoms with Crippen molar-refractivity contribution in [1.82, 2.24) is 15.0 Å². The van der Waals surface area contributed by atoms with Crippen LogP contribution < -0.4 is 5.32 Å². The second kappa shape index (κ2) is 5.93. The second-order valence-electron chi connectivity index (χ2n) is 4.89. The predicted molar refractivity (Wildman–Crippen MR) is 74.0 cm³/mol. The number of imidazole rings is 1. The van der Waals surface area contributed by atoms with Crippen LogP contribution in [0.15, 0.2) is 24.7 Å². The lowest BCUT2D eigenvalue weighted by atomic mass is 10.0. The van der Waals surface area contributed by atoms with Crippen LogP contribution in [0.2, 0.25) is 5.02 Å². The highest BCUT2D eigenvalue weighted by molar-refractivity contribution is 6.33. The monoisotopic (exact) mass is 318 g/mol. The number of halogens is 4. The highest BCUT2D eigenvalue weighted by Crippen LogP contribution is 2.34. The lowest BCUT2D eigenvalue weighted by molar-refractivity contribution is -0.137. The topological polar surface area (TPSA) is 53.6 Å². The molecule has 8 heteroatoms. The Bertz CT molecular complexity index is 596. The van der Waals surface area contributed by atoms with E-state index in [0.29, 0.717) is 5.82 Å². The number of rotatable bonds is 4. The number of nitrogens with zero attached hydrogens (tertiary/aromatic N) is 2. The first-order valence-electron chi connectivity index (χ1n) is 6.27.